The minimum absolute atomic E-state index is 0.270. The summed E-state index contributed by atoms with van der Waals surface area (Å²) in [6, 6.07) is 17.0. The Hall–Kier alpha value is -2.86. The van der Waals surface area contributed by atoms with Crippen molar-refractivity contribution in [2.24, 2.45) is 0 Å². The average Bonchev–Trinajstić information content (AvgIpc) is 2.67. The third-order valence-corrected chi connectivity index (χ3v) is 4.86. The van der Waals surface area contributed by atoms with Gasteiger partial charge in [0.05, 0.1) is 5.56 Å². The smallest absolute Gasteiger partial charge is 0.336 e. The lowest BCUT2D eigenvalue weighted by molar-refractivity contribution is 0.0696. The molecule has 0 fully saturated rings. The topological polar surface area (TPSA) is 58.6 Å². The van der Waals surface area contributed by atoms with Crippen molar-refractivity contribution in [3.63, 3.8) is 0 Å². The highest BCUT2D eigenvalue weighted by Crippen LogP contribution is 2.26. The van der Waals surface area contributed by atoms with Gasteiger partial charge in [0.1, 0.15) is 18.2 Å². The highest BCUT2D eigenvalue weighted by molar-refractivity contribution is 9.10. The number of carboxylic acid groups (broad SMARTS) is 1. The molecule has 0 aliphatic heterocycles. The molecule has 0 aliphatic rings. The van der Waals surface area contributed by atoms with Gasteiger partial charge in [-0.25, -0.2) is 9.18 Å². The Morgan fingerprint density at radius 1 is 1.14 bits per heavy atom. The molecule has 0 amide bonds. The molecule has 28 heavy (non-hydrogen) atoms. The van der Waals surface area contributed by atoms with Gasteiger partial charge < -0.3 is 15.2 Å². The molecule has 2 N–H and O–H groups in total. The Labute approximate surface area is 171 Å². The highest BCUT2D eigenvalue weighted by Gasteiger charge is 2.11. The standard InChI is InChI=1S/C22H19BrFNO3/c1-14-19(22(26)27)3-2-4-20(14)25-12-16-11-17(23)7-10-21(16)28-13-15-5-8-18(24)9-6-15/h2-11,25H,12-13H2,1H3,(H,26,27). The van der Waals surface area contributed by atoms with Crippen molar-refractivity contribution in [2.75, 3.05) is 5.32 Å². The van der Waals surface area contributed by atoms with E-state index in [1.807, 2.05) is 24.3 Å². The molecule has 0 aromatic heterocycles. The van der Waals surface area contributed by atoms with E-state index in [0.29, 0.717) is 24.5 Å². The van der Waals surface area contributed by atoms with E-state index < -0.39 is 5.97 Å². The number of halogens is 2. The monoisotopic (exact) mass is 443 g/mol. The molecule has 144 valence electrons. The molecule has 0 unspecified atom stereocenters. The van der Waals surface area contributed by atoms with Crippen LogP contribution in [0.2, 0.25) is 0 Å². The molecule has 0 aliphatic carbocycles. The summed E-state index contributed by atoms with van der Waals surface area (Å²) in [6.07, 6.45) is 0. The number of benzene rings is 3. The van der Waals surface area contributed by atoms with Crippen LogP contribution in [0.5, 0.6) is 5.75 Å². The van der Waals surface area contributed by atoms with Crippen LogP contribution in [-0.2, 0) is 13.2 Å². The van der Waals surface area contributed by atoms with E-state index in [1.165, 1.54) is 12.1 Å². The molecule has 0 bridgehead atoms. The van der Waals surface area contributed by atoms with E-state index in [9.17, 15) is 14.3 Å². The van der Waals surface area contributed by atoms with E-state index in [-0.39, 0.29) is 11.4 Å². The first-order chi connectivity index (χ1) is 13.4. The van der Waals surface area contributed by atoms with E-state index in [4.69, 9.17) is 4.74 Å². The number of ether oxygens (including phenoxy) is 1. The van der Waals surface area contributed by atoms with Crippen LogP contribution in [0.25, 0.3) is 0 Å². The van der Waals surface area contributed by atoms with Crippen molar-refractivity contribution in [3.05, 3.63) is 93.2 Å². The number of hydrogen-bond acceptors (Lipinski definition) is 3. The summed E-state index contributed by atoms with van der Waals surface area (Å²) in [4.78, 5) is 11.3. The van der Waals surface area contributed by atoms with Gasteiger partial charge in [-0.15, -0.1) is 0 Å². The van der Waals surface area contributed by atoms with Crippen LogP contribution in [0.1, 0.15) is 27.0 Å². The first kappa shape index (κ1) is 19.9. The van der Waals surface area contributed by atoms with Crippen LogP contribution in [0.15, 0.2) is 65.1 Å². The third-order valence-electron chi connectivity index (χ3n) is 4.36. The first-order valence-electron chi connectivity index (χ1n) is 8.66. The maximum Gasteiger partial charge on any atom is 0.336 e. The fraction of sp³-hybridized carbons (Fsp3) is 0.136. The number of carboxylic acids is 1. The molecule has 3 aromatic rings. The van der Waals surface area contributed by atoms with Gasteiger partial charge in [-0.3, -0.25) is 0 Å². The molecule has 0 saturated heterocycles. The van der Waals surface area contributed by atoms with Crippen LogP contribution in [-0.4, -0.2) is 11.1 Å². The third kappa shape index (κ3) is 4.89. The zero-order valence-electron chi connectivity index (χ0n) is 15.2. The molecule has 0 atom stereocenters. The summed E-state index contributed by atoms with van der Waals surface area (Å²) in [5, 5.41) is 12.6. The Morgan fingerprint density at radius 2 is 1.89 bits per heavy atom. The summed E-state index contributed by atoms with van der Waals surface area (Å²) < 4.78 is 19.9. The SMILES string of the molecule is Cc1c(NCc2cc(Br)ccc2OCc2ccc(F)cc2)cccc1C(=O)O. The van der Waals surface area contributed by atoms with E-state index in [0.717, 1.165) is 21.3 Å². The van der Waals surface area contributed by atoms with Gasteiger partial charge in [0.25, 0.3) is 0 Å². The lowest BCUT2D eigenvalue weighted by Gasteiger charge is -2.15. The fourth-order valence-corrected chi connectivity index (χ4v) is 3.23. The summed E-state index contributed by atoms with van der Waals surface area (Å²) in [7, 11) is 0. The van der Waals surface area contributed by atoms with Gasteiger partial charge in [-0.2, -0.15) is 0 Å². The van der Waals surface area contributed by atoms with Crippen molar-refractivity contribution in [3.8, 4) is 5.75 Å². The number of hydrogen-bond donors (Lipinski definition) is 2. The first-order valence-corrected chi connectivity index (χ1v) is 9.46. The lowest BCUT2D eigenvalue weighted by atomic mass is 10.1. The van der Waals surface area contributed by atoms with E-state index >= 15 is 0 Å². The van der Waals surface area contributed by atoms with Crippen LogP contribution in [0.4, 0.5) is 10.1 Å². The molecule has 6 heteroatoms. The van der Waals surface area contributed by atoms with Crippen LogP contribution in [0, 0.1) is 12.7 Å². The predicted molar refractivity (Wildman–Crippen MR) is 110 cm³/mol. The Balaban J connectivity index is 1.75. The zero-order chi connectivity index (χ0) is 20.1. The molecule has 0 spiro atoms. The summed E-state index contributed by atoms with van der Waals surface area (Å²) >= 11 is 3.47. The van der Waals surface area contributed by atoms with Gasteiger partial charge in [0.2, 0.25) is 0 Å². The molecule has 0 saturated carbocycles. The number of anilines is 1. The van der Waals surface area contributed by atoms with Gasteiger partial charge >= 0.3 is 5.97 Å². The van der Waals surface area contributed by atoms with E-state index in [2.05, 4.69) is 21.2 Å². The minimum Gasteiger partial charge on any atom is -0.489 e. The van der Waals surface area contributed by atoms with Crippen molar-refractivity contribution < 1.29 is 19.0 Å². The average molecular weight is 444 g/mol. The van der Waals surface area contributed by atoms with Crippen molar-refractivity contribution in [1.29, 1.82) is 0 Å². The Bertz CT molecular complexity index is 990. The second-order valence-corrected chi connectivity index (χ2v) is 7.22. The van der Waals surface area contributed by atoms with Gasteiger partial charge in [-0.05, 0) is 60.5 Å². The fourth-order valence-electron chi connectivity index (χ4n) is 2.82. The largest absolute Gasteiger partial charge is 0.489 e. The molecule has 3 rings (SSSR count). The molecule has 3 aromatic carbocycles. The molecular formula is C22H19BrFNO3. The minimum atomic E-state index is -0.952. The van der Waals surface area contributed by atoms with Crippen molar-refractivity contribution in [2.45, 2.75) is 20.1 Å². The number of nitrogens with one attached hydrogen (secondary N) is 1. The second kappa shape index (κ2) is 8.89. The van der Waals surface area contributed by atoms with Crippen LogP contribution in [0.3, 0.4) is 0 Å². The summed E-state index contributed by atoms with van der Waals surface area (Å²) in [6.45, 7) is 2.56. The second-order valence-electron chi connectivity index (χ2n) is 6.30. The maximum atomic E-state index is 13.0. The molecule has 0 radical (unpaired) electrons. The normalized spacial score (nSPS) is 10.5. The molecular weight excluding hydrogens is 425 g/mol. The molecule has 0 heterocycles. The van der Waals surface area contributed by atoms with Crippen LogP contribution < -0.4 is 10.1 Å². The molecule has 4 nitrogen and oxygen atoms in total. The van der Waals surface area contributed by atoms with Crippen molar-refractivity contribution >= 4 is 27.6 Å². The quantitative estimate of drug-likeness (QED) is 0.485. The Morgan fingerprint density at radius 3 is 2.61 bits per heavy atom. The summed E-state index contributed by atoms with van der Waals surface area (Å²) in [5.74, 6) is -0.532. The van der Waals surface area contributed by atoms with E-state index in [1.54, 1.807) is 31.2 Å². The van der Waals surface area contributed by atoms with Gasteiger partial charge in [0.15, 0.2) is 0 Å². The predicted octanol–water partition coefficient (Wildman–Crippen LogP) is 5.79. The number of aromatic carboxylic acids is 1. The highest BCUT2D eigenvalue weighted by atomic mass is 79.9. The summed E-state index contributed by atoms with van der Waals surface area (Å²) in [5.41, 5.74) is 3.49. The number of rotatable bonds is 7. The number of carbonyl (C=O) groups is 1. The zero-order valence-corrected chi connectivity index (χ0v) is 16.8. The van der Waals surface area contributed by atoms with Gasteiger partial charge in [-0.1, -0.05) is 34.1 Å². The van der Waals surface area contributed by atoms with Crippen LogP contribution >= 0.6 is 15.9 Å². The lowest BCUT2D eigenvalue weighted by Crippen LogP contribution is -2.07. The van der Waals surface area contributed by atoms with Gasteiger partial charge in [0, 0.05) is 22.3 Å². The van der Waals surface area contributed by atoms with Crippen molar-refractivity contribution in [1.82, 2.24) is 0 Å². The maximum absolute atomic E-state index is 13.0. The Kier molecular flexibility index (Phi) is 6.31.